The maximum absolute atomic E-state index is 5.78. The van der Waals surface area contributed by atoms with E-state index >= 15 is 0 Å². The zero-order valence-electron chi connectivity index (χ0n) is 11.1. The van der Waals surface area contributed by atoms with Gasteiger partial charge in [0.2, 0.25) is 0 Å². The Balaban J connectivity index is 1.74. The van der Waals surface area contributed by atoms with Crippen molar-refractivity contribution in [2.24, 2.45) is 11.1 Å². The molecule has 0 radical (unpaired) electrons. The van der Waals surface area contributed by atoms with Crippen LogP contribution in [0.5, 0.6) is 0 Å². The van der Waals surface area contributed by atoms with Crippen molar-refractivity contribution in [3.05, 3.63) is 66.0 Å². The fraction of sp³-hybridized carbons (Fsp3) is 0.294. The highest BCUT2D eigenvalue weighted by Crippen LogP contribution is 2.45. The van der Waals surface area contributed by atoms with Crippen molar-refractivity contribution in [1.82, 2.24) is 4.98 Å². The van der Waals surface area contributed by atoms with E-state index in [0.717, 1.165) is 11.3 Å². The van der Waals surface area contributed by atoms with Crippen LogP contribution in [0.1, 0.15) is 29.9 Å². The van der Waals surface area contributed by atoms with Crippen molar-refractivity contribution in [1.29, 1.82) is 0 Å². The summed E-state index contributed by atoms with van der Waals surface area (Å²) in [5.41, 5.74) is 3.44. The predicted octanol–water partition coefficient (Wildman–Crippen LogP) is 3.38. The number of benzene rings is 1. The van der Waals surface area contributed by atoms with Crippen molar-refractivity contribution in [2.45, 2.75) is 24.9 Å². The number of nitrogens with zero attached hydrogens (tertiary/aromatic N) is 2. The summed E-state index contributed by atoms with van der Waals surface area (Å²) >= 11 is 0. The van der Waals surface area contributed by atoms with E-state index in [0.29, 0.717) is 5.92 Å². The molecule has 2 heterocycles. The summed E-state index contributed by atoms with van der Waals surface area (Å²) in [5.74, 6) is 0.898. The molecule has 1 saturated carbocycles. The molecule has 20 heavy (non-hydrogen) atoms. The van der Waals surface area contributed by atoms with E-state index in [1.807, 2.05) is 24.5 Å². The second-order valence-corrected chi connectivity index (χ2v) is 5.51. The standard InChI is InChI=1S/C17H16N2O/c1-2-4-12(5-3-1)15-16(13-8-10-18-11-9-13)19-20-17(15)14-6-7-14/h1-5,8-11,14-15,17H,6-7H2. The summed E-state index contributed by atoms with van der Waals surface area (Å²) in [4.78, 5) is 9.86. The lowest BCUT2D eigenvalue weighted by Crippen LogP contribution is -2.23. The Hall–Kier alpha value is -2.16. The van der Waals surface area contributed by atoms with Crippen molar-refractivity contribution >= 4 is 5.71 Å². The predicted molar refractivity (Wildman–Crippen MR) is 77.6 cm³/mol. The van der Waals surface area contributed by atoms with Crippen LogP contribution in [-0.4, -0.2) is 16.8 Å². The summed E-state index contributed by atoms with van der Waals surface area (Å²) in [7, 11) is 0. The second kappa shape index (κ2) is 4.75. The first-order valence-corrected chi connectivity index (χ1v) is 7.12. The Kier molecular flexibility index (Phi) is 2.76. The molecule has 3 heteroatoms. The van der Waals surface area contributed by atoms with Gasteiger partial charge in [-0.15, -0.1) is 0 Å². The van der Waals surface area contributed by atoms with Gasteiger partial charge in [0.1, 0.15) is 6.10 Å². The molecule has 2 unspecified atom stereocenters. The van der Waals surface area contributed by atoms with Crippen LogP contribution in [-0.2, 0) is 4.84 Å². The molecule has 1 aliphatic carbocycles. The lowest BCUT2D eigenvalue weighted by atomic mass is 9.84. The molecule has 1 aliphatic heterocycles. The molecular formula is C17H16N2O. The van der Waals surface area contributed by atoms with Crippen molar-refractivity contribution < 1.29 is 4.84 Å². The van der Waals surface area contributed by atoms with E-state index < -0.39 is 0 Å². The van der Waals surface area contributed by atoms with Gasteiger partial charge in [-0.05, 0) is 36.5 Å². The Bertz CT molecular complexity index is 620. The van der Waals surface area contributed by atoms with Crippen LogP contribution in [0.2, 0.25) is 0 Å². The van der Waals surface area contributed by atoms with Gasteiger partial charge in [0, 0.05) is 18.0 Å². The largest absolute Gasteiger partial charge is 0.391 e. The molecule has 4 rings (SSSR count). The van der Waals surface area contributed by atoms with E-state index in [1.54, 1.807) is 0 Å². The van der Waals surface area contributed by atoms with Crippen molar-refractivity contribution in [3.8, 4) is 0 Å². The molecular weight excluding hydrogens is 248 g/mol. The van der Waals surface area contributed by atoms with Crippen LogP contribution in [0.3, 0.4) is 0 Å². The number of hydrogen-bond acceptors (Lipinski definition) is 3. The molecule has 0 amide bonds. The minimum atomic E-state index is 0.195. The summed E-state index contributed by atoms with van der Waals surface area (Å²) in [6, 6.07) is 14.6. The fourth-order valence-electron chi connectivity index (χ4n) is 2.94. The van der Waals surface area contributed by atoms with Crippen LogP contribution in [0.25, 0.3) is 0 Å². The number of hydrogen-bond donors (Lipinski definition) is 0. The molecule has 3 nitrogen and oxygen atoms in total. The number of rotatable bonds is 3. The SMILES string of the molecule is c1ccc(C2C(c3ccncc3)=NOC2C2CC2)cc1. The van der Waals surface area contributed by atoms with Gasteiger partial charge >= 0.3 is 0 Å². The molecule has 0 spiro atoms. The molecule has 0 bridgehead atoms. The second-order valence-electron chi connectivity index (χ2n) is 5.51. The van der Waals surface area contributed by atoms with Gasteiger partial charge in [-0.1, -0.05) is 35.5 Å². The summed E-state index contributed by atoms with van der Waals surface area (Å²) in [5, 5.41) is 4.40. The van der Waals surface area contributed by atoms with E-state index in [1.165, 1.54) is 18.4 Å². The number of aromatic nitrogens is 1. The van der Waals surface area contributed by atoms with E-state index in [-0.39, 0.29) is 12.0 Å². The van der Waals surface area contributed by atoms with Gasteiger partial charge in [-0.3, -0.25) is 4.98 Å². The Morgan fingerprint density at radius 1 is 0.950 bits per heavy atom. The van der Waals surface area contributed by atoms with Crippen molar-refractivity contribution in [3.63, 3.8) is 0 Å². The average molecular weight is 264 g/mol. The Morgan fingerprint density at radius 2 is 1.70 bits per heavy atom. The third-order valence-corrected chi connectivity index (χ3v) is 4.12. The first kappa shape index (κ1) is 11.6. The molecule has 2 aromatic rings. The van der Waals surface area contributed by atoms with Crippen LogP contribution in [0.4, 0.5) is 0 Å². The highest BCUT2D eigenvalue weighted by atomic mass is 16.6. The average Bonchev–Trinajstić information content (AvgIpc) is 3.27. The molecule has 2 atom stereocenters. The minimum Gasteiger partial charge on any atom is -0.391 e. The van der Waals surface area contributed by atoms with Gasteiger partial charge in [0.15, 0.2) is 0 Å². The fourth-order valence-corrected chi connectivity index (χ4v) is 2.94. The monoisotopic (exact) mass is 264 g/mol. The Morgan fingerprint density at radius 3 is 2.40 bits per heavy atom. The molecule has 1 aromatic heterocycles. The third kappa shape index (κ3) is 1.99. The molecule has 100 valence electrons. The zero-order chi connectivity index (χ0) is 13.4. The van der Waals surface area contributed by atoms with Crippen LogP contribution in [0, 0.1) is 5.92 Å². The van der Waals surface area contributed by atoms with Crippen LogP contribution < -0.4 is 0 Å². The zero-order valence-corrected chi connectivity index (χ0v) is 11.1. The summed E-state index contributed by atoms with van der Waals surface area (Å²) in [6.45, 7) is 0. The minimum absolute atomic E-state index is 0.195. The highest BCUT2D eigenvalue weighted by Gasteiger charge is 2.45. The number of oxime groups is 1. The lowest BCUT2D eigenvalue weighted by Gasteiger charge is -2.19. The third-order valence-electron chi connectivity index (χ3n) is 4.12. The van der Waals surface area contributed by atoms with E-state index in [9.17, 15) is 0 Å². The van der Waals surface area contributed by atoms with Crippen LogP contribution >= 0.6 is 0 Å². The van der Waals surface area contributed by atoms with Gasteiger partial charge in [0.25, 0.3) is 0 Å². The maximum atomic E-state index is 5.78. The summed E-state index contributed by atoms with van der Waals surface area (Å²) < 4.78 is 0. The summed E-state index contributed by atoms with van der Waals surface area (Å²) in [6.07, 6.45) is 6.33. The molecule has 0 saturated heterocycles. The number of pyridine rings is 1. The van der Waals surface area contributed by atoms with Crippen molar-refractivity contribution in [2.75, 3.05) is 0 Å². The first-order chi connectivity index (χ1) is 9.93. The van der Waals surface area contributed by atoms with Gasteiger partial charge in [0.05, 0.1) is 11.6 Å². The van der Waals surface area contributed by atoms with E-state index in [4.69, 9.17) is 4.84 Å². The topological polar surface area (TPSA) is 34.5 Å². The van der Waals surface area contributed by atoms with Gasteiger partial charge < -0.3 is 4.84 Å². The molecule has 1 aromatic carbocycles. The van der Waals surface area contributed by atoms with Crippen LogP contribution in [0.15, 0.2) is 60.0 Å². The molecule has 2 aliphatic rings. The quantitative estimate of drug-likeness (QED) is 0.851. The van der Waals surface area contributed by atoms with Gasteiger partial charge in [-0.25, -0.2) is 0 Å². The van der Waals surface area contributed by atoms with Gasteiger partial charge in [-0.2, -0.15) is 0 Å². The first-order valence-electron chi connectivity index (χ1n) is 7.12. The lowest BCUT2D eigenvalue weighted by molar-refractivity contribution is 0.0601. The molecule has 1 fully saturated rings. The molecule has 0 N–H and O–H groups in total. The highest BCUT2D eigenvalue weighted by molar-refractivity contribution is 6.06. The maximum Gasteiger partial charge on any atom is 0.142 e. The smallest absolute Gasteiger partial charge is 0.142 e. The van der Waals surface area contributed by atoms with E-state index in [2.05, 4.69) is 40.5 Å². The Labute approximate surface area is 118 Å². The normalized spacial score (nSPS) is 25.1.